The van der Waals surface area contributed by atoms with E-state index in [1.54, 1.807) is 7.11 Å². The molecular formula is C20H22F3NO3S. The van der Waals surface area contributed by atoms with Crippen molar-refractivity contribution in [3.63, 3.8) is 0 Å². The van der Waals surface area contributed by atoms with Crippen LogP contribution in [0.4, 0.5) is 13.2 Å². The molecule has 0 spiro atoms. The van der Waals surface area contributed by atoms with Crippen LogP contribution in [-0.4, -0.2) is 32.9 Å². The monoisotopic (exact) mass is 413 g/mol. The number of ether oxygens (including phenoxy) is 1. The number of alkyl halides is 3. The molecule has 0 bridgehead atoms. The number of methoxy groups -OCH3 is 1. The Hall–Kier alpha value is -2.06. The average Bonchev–Trinajstić information content (AvgIpc) is 2.94. The van der Waals surface area contributed by atoms with Crippen molar-refractivity contribution in [2.75, 3.05) is 20.2 Å². The van der Waals surface area contributed by atoms with Crippen LogP contribution in [0, 0.1) is 0 Å². The molecule has 3 rings (SSSR count). The van der Waals surface area contributed by atoms with Gasteiger partial charge in [0.15, 0.2) is 0 Å². The Morgan fingerprint density at radius 1 is 1.00 bits per heavy atom. The molecule has 1 fully saturated rings. The van der Waals surface area contributed by atoms with E-state index in [1.165, 1.54) is 4.31 Å². The van der Waals surface area contributed by atoms with Crippen molar-refractivity contribution in [2.45, 2.75) is 36.3 Å². The second-order valence-corrected chi connectivity index (χ2v) is 8.79. The molecule has 1 aliphatic rings. The number of nitrogens with zero attached hydrogens (tertiary/aromatic N) is 1. The summed E-state index contributed by atoms with van der Waals surface area (Å²) in [4.78, 5) is -0.115. The summed E-state index contributed by atoms with van der Waals surface area (Å²) in [6.45, 7) is 0.658. The van der Waals surface area contributed by atoms with Crippen LogP contribution in [-0.2, 0) is 16.2 Å². The van der Waals surface area contributed by atoms with Crippen molar-refractivity contribution in [1.29, 1.82) is 0 Å². The molecule has 1 heterocycles. The van der Waals surface area contributed by atoms with Crippen molar-refractivity contribution < 1.29 is 26.3 Å². The van der Waals surface area contributed by atoms with E-state index >= 15 is 0 Å². The number of rotatable bonds is 4. The van der Waals surface area contributed by atoms with Gasteiger partial charge in [0.2, 0.25) is 10.0 Å². The third kappa shape index (κ3) is 4.50. The Morgan fingerprint density at radius 2 is 1.64 bits per heavy atom. The molecule has 8 heteroatoms. The van der Waals surface area contributed by atoms with Gasteiger partial charge in [-0.1, -0.05) is 18.6 Å². The summed E-state index contributed by atoms with van der Waals surface area (Å²) in [6.07, 6.45) is -2.04. The van der Waals surface area contributed by atoms with E-state index in [0.717, 1.165) is 48.4 Å². The Morgan fingerprint density at radius 3 is 2.21 bits per heavy atom. The summed E-state index contributed by atoms with van der Waals surface area (Å²) in [5.41, 5.74) is 0.161. The molecule has 2 aromatic carbocycles. The van der Waals surface area contributed by atoms with Gasteiger partial charge in [0.25, 0.3) is 0 Å². The lowest BCUT2D eigenvalue weighted by Crippen LogP contribution is -2.34. The minimum Gasteiger partial charge on any atom is -0.497 e. The summed E-state index contributed by atoms with van der Waals surface area (Å²) < 4.78 is 70.8. The standard InChI is InChI=1S/C20H22F3NO3S/c1-27-18-9-5-15(6-10-18)16-4-2-3-13-24(14-16)28(25,26)19-11-7-17(8-12-19)20(21,22)23/h5-12,16H,2-4,13-14H2,1H3. The van der Waals surface area contributed by atoms with Gasteiger partial charge >= 0.3 is 6.18 Å². The highest BCUT2D eigenvalue weighted by Crippen LogP contribution is 2.32. The maximum Gasteiger partial charge on any atom is 0.416 e. The van der Waals surface area contributed by atoms with E-state index < -0.39 is 21.8 Å². The smallest absolute Gasteiger partial charge is 0.416 e. The summed E-state index contributed by atoms with van der Waals surface area (Å²) in [6, 6.07) is 11.2. The van der Waals surface area contributed by atoms with Crippen LogP contribution in [0.5, 0.6) is 5.75 Å². The molecule has 0 aliphatic carbocycles. The summed E-state index contributed by atoms with van der Waals surface area (Å²) in [7, 11) is -2.28. The summed E-state index contributed by atoms with van der Waals surface area (Å²) in [5, 5.41) is 0. The minimum atomic E-state index is -4.50. The molecule has 2 aromatic rings. The number of halogens is 3. The first-order chi connectivity index (χ1) is 13.2. The van der Waals surface area contributed by atoms with E-state index in [1.807, 2.05) is 24.3 Å². The highest BCUT2D eigenvalue weighted by Gasteiger charge is 2.33. The molecule has 152 valence electrons. The first-order valence-electron chi connectivity index (χ1n) is 9.03. The fourth-order valence-corrected chi connectivity index (χ4v) is 4.96. The van der Waals surface area contributed by atoms with Crippen molar-refractivity contribution in [3.8, 4) is 5.75 Å². The SMILES string of the molecule is COc1ccc(C2CCCCN(S(=O)(=O)c3ccc(C(F)(F)F)cc3)C2)cc1. The molecule has 0 amide bonds. The zero-order chi connectivity index (χ0) is 20.4. The predicted molar refractivity (Wildman–Crippen MR) is 99.8 cm³/mol. The third-order valence-electron chi connectivity index (χ3n) is 5.04. The first kappa shape index (κ1) is 20.7. The van der Waals surface area contributed by atoms with Gasteiger partial charge in [-0.3, -0.25) is 0 Å². The van der Waals surface area contributed by atoms with Crippen LogP contribution in [0.3, 0.4) is 0 Å². The zero-order valence-corrected chi connectivity index (χ0v) is 16.3. The van der Waals surface area contributed by atoms with E-state index in [-0.39, 0.29) is 10.8 Å². The molecule has 4 nitrogen and oxygen atoms in total. The molecule has 28 heavy (non-hydrogen) atoms. The van der Waals surface area contributed by atoms with E-state index in [2.05, 4.69) is 0 Å². The highest BCUT2D eigenvalue weighted by molar-refractivity contribution is 7.89. The van der Waals surface area contributed by atoms with Crippen LogP contribution >= 0.6 is 0 Å². The number of benzene rings is 2. The van der Waals surface area contributed by atoms with Gasteiger partial charge in [-0.2, -0.15) is 17.5 Å². The van der Waals surface area contributed by atoms with Gasteiger partial charge in [0.1, 0.15) is 5.75 Å². The van der Waals surface area contributed by atoms with Crippen molar-refractivity contribution in [2.24, 2.45) is 0 Å². The minimum absolute atomic E-state index is 0.0256. The summed E-state index contributed by atoms with van der Waals surface area (Å²) in [5.74, 6) is 0.754. The van der Waals surface area contributed by atoms with Crippen molar-refractivity contribution in [3.05, 3.63) is 59.7 Å². The van der Waals surface area contributed by atoms with Crippen LogP contribution in [0.15, 0.2) is 53.4 Å². The highest BCUT2D eigenvalue weighted by atomic mass is 32.2. The maximum atomic E-state index is 13.0. The third-order valence-corrected chi connectivity index (χ3v) is 6.92. The topological polar surface area (TPSA) is 46.6 Å². The number of hydrogen-bond acceptors (Lipinski definition) is 3. The first-order valence-corrected chi connectivity index (χ1v) is 10.5. The Labute approximate surface area is 163 Å². The Kier molecular flexibility index (Phi) is 6.00. The van der Waals surface area contributed by atoms with Gasteiger partial charge in [0.05, 0.1) is 17.6 Å². The molecule has 1 unspecified atom stereocenters. The Balaban J connectivity index is 1.83. The molecule has 0 saturated carbocycles. The van der Waals surface area contributed by atoms with Gasteiger partial charge in [-0.25, -0.2) is 8.42 Å². The molecule has 0 N–H and O–H groups in total. The zero-order valence-electron chi connectivity index (χ0n) is 15.4. The second-order valence-electron chi connectivity index (χ2n) is 6.85. The van der Waals surface area contributed by atoms with Crippen LogP contribution in [0.25, 0.3) is 0 Å². The maximum absolute atomic E-state index is 13.0. The number of sulfonamides is 1. The van der Waals surface area contributed by atoms with Crippen LogP contribution in [0.2, 0.25) is 0 Å². The van der Waals surface area contributed by atoms with E-state index in [4.69, 9.17) is 4.74 Å². The lowest BCUT2D eigenvalue weighted by molar-refractivity contribution is -0.137. The van der Waals surface area contributed by atoms with Gasteiger partial charge in [0, 0.05) is 13.1 Å². The van der Waals surface area contributed by atoms with Crippen LogP contribution in [0.1, 0.15) is 36.3 Å². The molecule has 1 atom stereocenters. The predicted octanol–water partition coefficient (Wildman–Crippen LogP) is 4.67. The Bertz CT molecular complexity index is 894. The molecule has 0 aromatic heterocycles. The van der Waals surface area contributed by atoms with Gasteiger partial charge in [-0.05, 0) is 60.7 Å². The van der Waals surface area contributed by atoms with Crippen LogP contribution < -0.4 is 4.74 Å². The number of hydrogen-bond donors (Lipinski definition) is 0. The molecule has 1 aliphatic heterocycles. The largest absolute Gasteiger partial charge is 0.497 e. The lowest BCUT2D eigenvalue weighted by atomic mass is 9.94. The fraction of sp³-hybridized carbons (Fsp3) is 0.400. The molecular weight excluding hydrogens is 391 g/mol. The van der Waals surface area contributed by atoms with Crippen molar-refractivity contribution >= 4 is 10.0 Å². The normalized spacial score (nSPS) is 19.2. The van der Waals surface area contributed by atoms with Gasteiger partial charge < -0.3 is 4.74 Å². The lowest BCUT2D eigenvalue weighted by Gasteiger charge is -2.24. The second kappa shape index (κ2) is 8.13. The summed E-state index contributed by atoms with van der Waals surface area (Å²) >= 11 is 0. The average molecular weight is 413 g/mol. The van der Waals surface area contributed by atoms with E-state index in [9.17, 15) is 21.6 Å². The molecule has 1 saturated heterocycles. The fourth-order valence-electron chi connectivity index (χ4n) is 3.44. The quantitative estimate of drug-likeness (QED) is 0.732. The van der Waals surface area contributed by atoms with Crippen molar-refractivity contribution in [1.82, 2.24) is 4.31 Å². The van der Waals surface area contributed by atoms with E-state index in [0.29, 0.717) is 19.5 Å². The van der Waals surface area contributed by atoms with Gasteiger partial charge in [-0.15, -0.1) is 0 Å². The molecule has 0 radical (unpaired) electrons.